The van der Waals surface area contributed by atoms with Crippen molar-refractivity contribution in [3.8, 4) is 11.3 Å². The Bertz CT molecular complexity index is 1130. The Morgan fingerprint density at radius 2 is 2.07 bits per heavy atom. The van der Waals surface area contributed by atoms with E-state index in [0.717, 1.165) is 6.07 Å². The number of esters is 1. The molecule has 3 aromatic rings. The summed E-state index contributed by atoms with van der Waals surface area (Å²) in [6.45, 7) is 1.84. The SMILES string of the molecule is CCOC(=O)C(CCl)Cc1nc2cc(-c3ncccc3C(F)(F)F)ccc2c(=O)[nH]1. The molecule has 1 unspecified atom stereocenters. The van der Waals surface area contributed by atoms with E-state index < -0.39 is 29.2 Å². The number of aromatic nitrogens is 3. The van der Waals surface area contributed by atoms with E-state index in [9.17, 15) is 22.8 Å². The highest BCUT2D eigenvalue weighted by Crippen LogP contribution is 2.36. The molecular formula is C20H17ClF3N3O3. The Morgan fingerprint density at radius 3 is 2.73 bits per heavy atom. The molecule has 1 atom stereocenters. The van der Waals surface area contributed by atoms with Crippen molar-refractivity contribution in [1.29, 1.82) is 0 Å². The van der Waals surface area contributed by atoms with Crippen molar-refractivity contribution in [2.24, 2.45) is 5.92 Å². The van der Waals surface area contributed by atoms with E-state index in [0.29, 0.717) is 0 Å². The summed E-state index contributed by atoms with van der Waals surface area (Å²) in [5.74, 6) is -1.10. The molecule has 0 saturated heterocycles. The Labute approximate surface area is 174 Å². The van der Waals surface area contributed by atoms with Crippen molar-refractivity contribution in [2.45, 2.75) is 19.5 Å². The zero-order valence-electron chi connectivity index (χ0n) is 15.8. The number of aromatic amines is 1. The first kappa shape index (κ1) is 21.8. The molecule has 2 heterocycles. The minimum atomic E-state index is -4.58. The average molecular weight is 440 g/mol. The Kier molecular flexibility index (Phi) is 6.40. The number of hydrogen-bond donors (Lipinski definition) is 1. The number of ether oxygens (including phenoxy) is 1. The van der Waals surface area contributed by atoms with Gasteiger partial charge in [0.2, 0.25) is 0 Å². The van der Waals surface area contributed by atoms with Crippen LogP contribution in [-0.2, 0) is 22.1 Å². The first-order valence-electron chi connectivity index (χ1n) is 9.02. The van der Waals surface area contributed by atoms with Gasteiger partial charge in [-0.3, -0.25) is 14.6 Å². The summed E-state index contributed by atoms with van der Waals surface area (Å²) in [5, 5.41) is 0.200. The molecule has 0 radical (unpaired) electrons. The molecule has 0 saturated carbocycles. The maximum atomic E-state index is 13.3. The molecule has 6 nitrogen and oxygen atoms in total. The van der Waals surface area contributed by atoms with E-state index in [1.165, 1.54) is 30.5 Å². The van der Waals surface area contributed by atoms with E-state index in [1.54, 1.807) is 6.92 Å². The van der Waals surface area contributed by atoms with E-state index in [2.05, 4.69) is 15.0 Å². The minimum absolute atomic E-state index is 0.0229. The third kappa shape index (κ3) is 4.62. The summed E-state index contributed by atoms with van der Waals surface area (Å²) >= 11 is 5.84. The van der Waals surface area contributed by atoms with Crippen LogP contribution in [0.2, 0.25) is 0 Å². The smallest absolute Gasteiger partial charge is 0.418 e. The van der Waals surface area contributed by atoms with Crippen LogP contribution in [0.1, 0.15) is 18.3 Å². The number of benzene rings is 1. The normalized spacial score (nSPS) is 12.7. The van der Waals surface area contributed by atoms with E-state index in [-0.39, 0.29) is 46.9 Å². The Hall–Kier alpha value is -2.94. The number of H-pyrrole nitrogens is 1. The van der Waals surface area contributed by atoms with Crippen LogP contribution in [0.5, 0.6) is 0 Å². The molecule has 0 aliphatic rings. The van der Waals surface area contributed by atoms with Crippen molar-refractivity contribution in [2.75, 3.05) is 12.5 Å². The van der Waals surface area contributed by atoms with Gasteiger partial charge in [0.05, 0.1) is 34.7 Å². The van der Waals surface area contributed by atoms with Crippen molar-refractivity contribution in [3.63, 3.8) is 0 Å². The topological polar surface area (TPSA) is 84.9 Å². The molecular weight excluding hydrogens is 423 g/mol. The summed E-state index contributed by atoms with van der Waals surface area (Å²) in [6.07, 6.45) is -3.30. The van der Waals surface area contributed by atoms with Crippen molar-refractivity contribution >= 4 is 28.5 Å². The number of rotatable bonds is 6. The highest BCUT2D eigenvalue weighted by Gasteiger charge is 2.34. The second-order valence-electron chi connectivity index (χ2n) is 6.45. The summed E-state index contributed by atoms with van der Waals surface area (Å²) in [6, 6.07) is 6.28. The molecule has 1 aromatic carbocycles. The molecule has 0 spiro atoms. The Morgan fingerprint density at radius 1 is 1.30 bits per heavy atom. The first-order valence-corrected chi connectivity index (χ1v) is 9.56. The first-order chi connectivity index (χ1) is 14.2. The van der Waals surface area contributed by atoms with Gasteiger partial charge in [-0.15, -0.1) is 11.6 Å². The fourth-order valence-electron chi connectivity index (χ4n) is 2.99. The number of fused-ring (bicyclic) bond motifs is 1. The fraction of sp³-hybridized carbons (Fsp3) is 0.300. The van der Waals surface area contributed by atoms with Gasteiger partial charge in [-0.05, 0) is 31.2 Å². The molecule has 1 N–H and O–H groups in total. The van der Waals surface area contributed by atoms with Crippen LogP contribution in [0.4, 0.5) is 13.2 Å². The Balaban J connectivity index is 2.05. The number of pyridine rings is 1. The zero-order chi connectivity index (χ0) is 21.9. The predicted octanol–water partition coefficient (Wildman–Crippen LogP) is 3.96. The van der Waals surface area contributed by atoms with E-state index in [1.807, 2.05) is 0 Å². The van der Waals surface area contributed by atoms with Crippen LogP contribution < -0.4 is 5.56 Å². The van der Waals surface area contributed by atoms with Gasteiger partial charge in [0, 0.05) is 24.1 Å². The number of nitrogens with one attached hydrogen (secondary N) is 1. The van der Waals surface area contributed by atoms with E-state index >= 15 is 0 Å². The van der Waals surface area contributed by atoms with Crippen LogP contribution in [-0.4, -0.2) is 33.4 Å². The number of alkyl halides is 4. The monoisotopic (exact) mass is 439 g/mol. The van der Waals surface area contributed by atoms with Crippen LogP contribution in [0, 0.1) is 5.92 Å². The molecule has 0 bridgehead atoms. The van der Waals surface area contributed by atoms with Crippen LogP contribution in [0.3, 0.4) is 0 Å². The number of halogens is 4. The van der Waals surface area contributed by atoms with Gasteiger partial charge < -0.3 is 9.72 Å². The summed E-state index contributed by atoms with van der Waals surface area (Å²) < 4.78 is 44.9. The highest BCUT2D eigenvalue weighted by molar-refractivity contribution is 6.19. The molecule has 3 rings (SSSR count). The molecule has 0 amide bonds. The molecule has 0 aliphatic heterocycles. The van der Waals surface area contributed by atoms with E-state index in [4.69, 9.17) is 16.3 Å². The van der Waals surface area contributed by atoms with Crippen LogP contribution in [0.15, 0.2) is 41.3 Å². The molecule has 0 aliphatic carbocycles. The standard InChI is InChI=1S/C20H17ClF3N3O3/c1-2-30-19(29)12(10-21)9-16-26-15-8-11(5-6-13(15)18(28)27-16)17-14(20(22,23)24)4-3-7-25-17/h3-8,12H,2,9-10H2,1H3,(H,26,27,28). The molecule has 0 fully saturated rings. The lowest BCUT2D eigenvalue weighted by Gasteiger charge is -2.13. The zero-order valence-corrected chi connectivity index (χ0v) is 16.5. The van der Waals surface area contributed by atoms with Crippen molar-refractivity contribution < 1.29 is 22.7 Å². The van der Waals surface area contributed by atoms with Gasteiger partial charge in [0.15, 0.2) is 0 Å². The van der Waals surface area contributed by atoms with Gasteiger partial charge in [0.25, 0.3) is 5.56 Å². The molecule has 30 heavy (non-hydrogen) atoms. The van der Waals surface area contributed by atoms with Gasteiger partial charge in [-0.25, -0.2) is 4.98 Å². The molecule has 10 heteroatoms. The summed E-state index contributed by atoms with van der Waals surface area (Å²) in [4.78, 5) is 35.1. The lowest BCUT2D eigenvalue weighted by atomic mass is 10.0. The quantitative estimate of drug-likeness (QED) is 0.464. The third-order valence-electron chi connectivity index (χ3n) is 4.39. The third-order valence-corrected chi connectivity index (χ3v) is 4.76. The second kappa shape index (κ2) is 8.83. The molecule has 158 valence electrons. The van der Waals surface area contributed by atoms with Gasteiger partial charge >= 0.3 is 12.1 Å². The minimum Gasteiger partial charge on any atom is -0.466 e. The summed E-state index contributed by atoms with van der Waals surface area (Å²) in [5.41, 5.74) is -1.28. The van der Waals surface area contributed by atoms with Crippen LogP contribution >= 0.6 is 11.6 Å². The predicted molar refractivity (Wildman–Crippen MR) is 105 cm³/mol. The van der Waals surface area contributed by atoms with Crippen molar-refractivity contribution in [1.82, 2.24) is 15.0 Å². The second-order valence-corrected chi connectivity index (χ2v) is 6.76. The lowest BCUT2D eigenvalue weighted by molar-refractivity contribution is -0.147. The maximum Gasteiger partial charge on any atom is 0.418 e. The van der Waals surface area contributed by atoms with Crippen LogP contribution in [0.25, 0.3) is 22.2 Å². The van der Waals surface area contributed by atoms with Gasteiger partial charge in [-0.2, -0.15) is 13.2 Å². The number of hydrogen-bond acceptors (Lipinski definition) is 5. The lowest BCUT2D eigenvalue weighted by Crippen LogP contribution is -2.24. The number of carbonyl (C=O) groups is 1. The number of carbonyl (C=O) groups excluding carboxylic acids is 1. The average Bonchev–Trinajstić information content (AvgIpc) is 2.71. The van der Waals surface area contributed by atoms with Gasteiger partial charge in [0.1, 0.15) is 5.82 Å². The molecule has 2 aromatic heterocycles. The summed E-state index contributed by atoms with van der Waals surface area (Å²) in [7, 11) is 0. The van der Waals surface area contributed by atoms with Crippen molar-refractivity contribution in [3.05, 3.63) is 58.3 Å². The number of nitrogens with zero attached hydrogens (tertiary/aromatic N) is 2. The maximum absolute atomic E-state index is 13.3. The van der Waals surface area contributed by atoms with Gasteiger partial charge in [-0.1, -0.05) is 6.07 Å². The fourth-order valence-corrected chi connectivity index (χ4v) is 3.23. The highest BCUT2D eigenvalue weighted by atomic mass is 35.5. The largest absolute Gasteiger partial charge is 0.466 e.